The van der Waals surface area contributed by atoms with Gasteiger partial charge in [0.1, 0.15) is 11.6 Å². The third-order valence-corrected chi connectivity index (χ3v) is 4.83. The molecule has 1 aliphatic heterocycles. The number of carbonyl (C=O) groups is 1. The van der Waals surface area contributed by atoms with Crippen molar-refractivity contribution in [2.75, 3.05) is 48.4 Å². The summed E-state index contributed by atoms with van der Waals surface area (Å²) in [6, 6.07) is 5.47. The summed E-state index contributed by atoms with van der Waals surface area (Å²) in [5, 5.41) is 6.06. The molecule has 0 atom stereocenters. The molecule has 1 fully saturated rings. The predicted octanol–water partition coefficient (Wildman–Crippen LogP) is 3.62. The largest absolute Gasteiger partial charge is 0.491 e. The molecule has 1 aliphatic rings. The minimum atomic E-state index is -0.368. The average molecular weight is 406 g/mol. The zero-order valence-corrected chi connectivity index (χ0v) is 17.3. The highest BCUT2D eigenvalue weighted by molar-refractivity contribution is 7.09. The second-order valence-electron chi connectivity index (χ2n) is 6.93. The van der Waals surface area contributed by atoms with E-state index in [1.54, 1.807) is 0 Å². The molecule has 3 rings (SSSR count). The van der Waals surface area contributed by atoms with Crippen LogP contribution in [-0.2, 0) is 11.2 Å². The molecule has 8 nitrogen and oxygen atoms in total. The number of benzene rings is 1. The Morgan fingerprint density at radius 2 is 2.11 bits per heavy atom. The normalized spacial score (nSPS) is 14.2. The fraction of sp³-hybridized carbons (Fsp3) is 0.526. The van der Waals surface area contributed by atoms with E-state index >= 15 is 0 Å². The number of urea groups is 1. The van der Waals surface area contributed by atoms with Crippen LogP contribution in [0.3, 0.4) is 0 Å². The molecular weight excluding hydrogens is 378 g/mol. The van der Waals surface area contributed by atoms with Crippen molar-refractivity contribution in [1.82, 2.24) is 9.36 Å². The van der Waals surface area contributed by atoms with Crippen molar-refractivity contribution < 1.29 is 14.3 Å². The molecule has 1 saturated heterocycles. The van der Waals surface area contributed by atoms with Gasteiger partial charge in [-0.05, 0) is 18.1 Å². The van der Waals surface area contributed by atoms with Crippen molar-refractivity contribution in [2.24, 2.45) is 5.92 Å². The summed E-state index contributed by atoms with van der Waals surface area (Å²) in [7, 11) is 0. The van der Waals surface area contributed by atoms with Crippen LogP contribution in [0, 0.1) is 5.92 Å². The lowest BCUT2D eigenvalue weighted by Gasteiger charge is -2.29. The zero-order chi connectivity index (χ0) is 19.9. The first-order valence-corrected chi connectivity index (χ1v) is 10.3. The maximum absolute atomic E-state index is 12.4. The van der Waals surface area contributed by atoms with Gasteiger partial charge in [0.25, 0.3) is 0 Å². The fourth-order valence-electron chi connectivity index (χ4n) is 2.71. The standard InChI is InChI=1S/C19H27N5O3S/c1-4-17-21-19(28-23-17)22-18(25)20-15-6-5-14(24-7-9-26-10-8-24)11-16(15)27-12-13(2)3/h5-6,11,13H,4,7-10,12H2,1-3H3,(H2,20,21,22,23,25). The van der Waals surface area contributed by atoms with E-state index in [4.69, 9.17) is 9.47 Å². The average Bonchev–Trinajstić information content (AvgIpc) is 3.15. The van der Waals surface area contributed by atoms with Gasteiger partial charge in [-0.1, -0.05) is 20.8 Å². The van der Waals surface area contributed by atoms with E-state index in [1.807, 2.05) is 25.1 Å². The number of aryl methyl sites for hydroxylation is 1. The number of aromatic nitrogens is 2. The molecule has 2 N–H and O–H groups in total. The van der Waals surface area contributed by atoms with Crippen LogP contribution in [0.2, 0.25) is 0 Å². The van der Waals surface area contributed by atoms with Gasteiger partial charge >= 0.3 is 6.03 Å². The van der Waals surface area contributed by atoms with Crippen LogP contribution < -0.4 is 20.3 Å². The Bertz CT molecular complexity index is 790. The molecule has 28 heavy (non-hydrogen) atoms. The molecule has 0 radical (unpaired) electrons. The van der Waals surface area contributed by atoms with Gasteiger partial charge in [0, 0.05) is 42.8 Å². The number of morpholine rings is 1. The Balaban J connectivity index is 1.72. The molecule has 9 heteroatoms. The Kier molecular flexibility index (Phi) is 7.05. The van der Waals surface area contributed by atoms with Crippen LogP contribution in [0.1, 0.15) is 26.6 Å². The van der Waals surface area contributed by atoms with Crippen LogP contribution >= 0.6 is 11.5 Å². The second kappa shape index (κ2) is 9.70. The number of amides is 2. The summed E-state index contributed by atoms with van der Waals surface area (Å²) in [6.07, 6.45) is 0.732. The smallest absolute Gasteiger partial charge is 0.325 e. The van der Waals surface area contributed by atoms with E-state index in [-0.39, 0.29) is 6.03 Å². The highest BCUT2D eigenvalue weighted by Gasteiger charge is 2.16. The molecular formula is C19H27N5O3S. The van der Waals surface area contributed by atoms with E-state index in [0.29, 0.717) is 42.3 Å². The lowest BCUT2D eigenvalue weighted by atomic mass is 10.2. The first-order valence-electron chi connectivity index (χ1n) is 9.55. The quantitative estimate of drug-likeness (QED) is 0.731. The minimum Gasteiger partial charge on any atom is -0.491 e. The summed E-state index contributed by atoms with van der Waals surface area (Å²) >= 11 is 1.17. The van der Waals surface area contributed by atoms with E-state index in [2.05, 4.69) is 38.7 Å². The van der Waals surface area contributed by atoms with Gasteiger partial charge in [-0.25, -0.2) is 9.78 Å². The van der Waals surface area contributed by atoms with Crippen LogP contribution in [0.15, 0.2) is 18.2 Å². The molecule has 0 saturated carbocycles. The van der Waals surface area contributed by atoms with Gasteiger partial charge in [0.15, 0.2) is 0 Å². The number of ether oxygens (including phenoxy) is 2. The monoisotopic (exact) mass is 405 g/mol. The summed E-state index contributed by atoms with van der Waals surface area (Å²) in [4.78, 5) is 18.9. The van der Waals surface area contributed by atoms with Crippen molar-refractivity contribution in [3.05, 3.63) is 24.0 Å². The molecule has 0 aliphatic carbocycles. The van der Waals surface area contributed by atoms with Gasteiger partial charge in [0.05, 0.1) is 25.5 Å². The maximum Gasteiger partial charge on any atom is 0.325 e. The van der Waals surface area contributed by atoms with E-state index in [9.17, 15) is 4.79 Å². The topological polar surface area (TPSA) is 88.6 Å². The van der Waals surface area contributed by atoms with Gasteiger partial charge in [-0.15, -0.1) is 0 Å². The highest BCUT2D eigenvalue weighted by Crippen LogP contribution is 2.31. The number of hydrogen-bond acceptors (Lipinski definition) is 7. The zero-order valence-electron chi connectivity index (χ0n) is 16.5. The maximum atomic E-state index is 12.4. The number of carbonyl (C=O) groups excluding carboxylic acids is 1. The third-order valence-electron chi connectivity index (χ3n) is 4.17. The number of anilines is 3. The number of hydrogen-bond donors (Lipinski definition) is 2. The molecule has 2 amide bonds. The molecule has 1 aromatic heterocycles. The molecule has 152 valence electrons. The lowest BCUT2D eigenvalue weighted by molar-refractivity contribution is 0.122. The summed E-state index contributed by atoms with van der Waals surface area (Å²) < 4.78 is 15.6. The Hall–Kier alpha value is -2.39. The van der Waals surface area contributed by atoms with Gasteiger partial charge < -0.3 is 19.7 Å². The van der Waals surface area contributed by atoms with Crippen molar-refractivity contribution >= 4 is 34.1 Å². The van der Waals surface area contributed by atoms with Crippen molar-refractivity contribution in [3.63, 3.8) is 0 Å². The highest BCUT2D eigenvalue weighted by atomic mass is 32.1. The molecule has 0 spiro atoms. The lowest BCUT2D eigenvalue weighted by Crippen LogP contribution is -2.36. The molecule has 2 aromatic rings. The fourth-order valence-corrected chi connectivity index (χ4v) is 3.35. The van der Waals surface area contributed by atoms with Crippen molar-refractivity contribution in [3.8, 4) is 5.75 Å². The van der Waals surface area contributed by atoms with Crippen LogP contribution in [0.5, 0.6) is 5.75 Å². The van der Waals surface area contributed by atoms with Gasteiger partial charge in [0.2, 0.25) is 5.13 Å². The second-order valence-corrected chi connectivity index (χ2v) is 7.69. The molecule has 0 unspecified atom stereocenters. The van der Waals surface area contributed by atoms with Crippen molar-refractivity contribution in [2.45, 2.75) is 27.2 Å². The van der Waals surface area contributed by atoms with E-state index in [0.717, 1.165) is 31.0 Å². The van der Waals surface area contributed by atoms with E-state index < -0.39 is 0 Å². The van der Waals surface area contributed by atoms with Crippen molar-refractivity contribution in [1.29, 1.82) is 0 Å². The summed E-state index contributed by atoms with van der Waals surface area (Å²) in [6.45, 7) is 9.83. The number of nitrogens with one attached hydrogen (secondary N) is 2. The minimum absolute atomic E-state index is 0.368. The van der Waals surface area contributed by atoms with Crippen LogP contribution in [-0.4, -0.2) is 48.3 Å². The van der Waals surface area contributed by atoms with E-state index in [1.165, 1.54) is 11.5 Å². The number of nitrogens with zero attached hydrogens (tertiary/aromatic N) is 3. The first-order chi connectivity index (χ1) is 13.5. The van der Waals surface area contributed by atoms with Gasteiger partial charge in [-0.3, -0.25) is 5.32 Å². The molecule has 1 aromatic carbocycles. The van der Waals surface area contributed by atoms with Crippen LogP contribution in [0.4, 0.5) is 21.3 Å². The number of rotatable bonds is 7. The summed E-state index contributed by atoms with van der Waals surface area (Å²) in [5.41, 5.74) is 1.68. The van der Waals surface area contributed by atoms with Gasteiger partial charge in [-0.2, -0.15) is 4.37 Å². The predicted molar refractivity (Wildman–Crippen MR) is 112 cm³/mol. The Labute approximate surface area is 169 Å². The Morgan fingerprint density at radius 1 is 1.32 bits per heavy atom. The molecule has 0 bridgehead atoms. The summed E-state index contributed by atoms with van der Waals surface area (Å²) in [5.74, 6) is 1.75. The SMILES string of the molecule is CCc1nsc(NC(=O)Nc2ccc(N3CCOCC3)cc2OCC(C)C)n1. The molecule has 2 heterocycles. The van der Waals surface area contributed by atoms with Crippen LogP contribution in [0.25, 0.3) is 0 Å². The third kappa shape index (κ3) is 5.56. The Morgan fingerprint density at radius 3 is 2.79 bits per heavy atom. The first kappa shape index (κ1) is 20.3.